The number of hydrogen-bond donors (Lipinski definition) is 0. The fourth-order valence-corrected chi connectivity index (χ4v) is 7.91. The first-order chi connectivity index (χ1) is 22.3. The summed E-state index contributed by atoms with van der Waals surface area (Å²) in [5.41, 5.74) is 8.63. The summed E-state index contributed by atoms with van der Waals surface area (Å²) in [6.45, 7) is 0. The van der Waals surface area contributed by atoms with E-state index in [1.807, 2.05) is 47.7 Å². The Morgan fingerprint density at radius 1 is 0.533 bits per heavy atom. The van der Waals surface area contributed by atoms with Gasteiger partial charge in [-0.3, -0.25) is 0 Å². The highest BCUT2D eigenvalue weighted by atomic mass is 32.1. The van der Waals surface area contributed by atoms with Crippen molar-refractivity contribution in [1.82, 2.24) is 14.5 Å². The molecule has 0 amide bonds. The first-order valence-electron chi connectivity index (χ1n) is 15.0. The molecule has 10 rings (SSSR count). The molecule has 0 aliphatic heterocycles. The van der Waals surface area contributed by atoms with E-state index < -0.39 is 0 Å². The molecule has 0 aliphatic carbocycles. The van der Waals surface area contributed by atoms with E-state index in [1.54, 1.807) is 0 Å². The molecule has 10 aromatic rings. The third-order valence-electron chi connectivity index (χ3n) is 8.83. The standard InChI is InChI=1S/C40H23N3OS/c1-2-10-24(11-3-1)36-39-37(29-13-5-8-16-32(29)44-39)42-40(41-36)25-18-20-26(21-19-25)43-31-15-7-4-12-27(31)28-22-23-34-35(38(28)43)30-14-6-9-17-33(30)45-34/h1-23H. The Bertz CT molecular complexity index is 2750. The van der Waals surface area contributed by atoms with Gasteiger partial charge in [0.2, 0.25) is 0 Å². The van der Waals surface area contributed by atoms with Crippen LogP contribution < -0.4 is 0 Å². The van der Waals surface area contributed by atoms with Crippen molar-refractivity contribution < 1.29 is 4.42 Å². The average Bonchev–Trinajstić information content (AvgIpc) is 3.78. The lowest BCUT2D eigenvalue weighted by Gasteiger charge is -2.11. The van der Waals surface area contributed by atoms with E-state index in [2.05, 4.69) is 108 Å². The molecule has 4 aromatic heterocycles. The maximum atomic E-state index is 6.31. The molecule has 0 saturated heterocycles. The molecular formula is C40H23N3OS. The minimum atomic E-state index is 0.674. The van der Waals surface area contributed by atoms with Crippen LogP contribution in [-0.2, 0) is 0 Å². The second-order valence-corrected chi connectivity index (χ2v) is 12.5. The lowest BCUT2D eigenvalue weighted by atomic mass is 10.1. The molecule has 0 spiro atoms. The summed E-state index contributed by atoms with van der Waals surface area (Å²) >= 11 is 1.85. The second-order valence-electron chi connectivity index (χ2n) is 11.4. The highest BCUT2D eigenvalue weighted by Crippen LogP contribution is 2.43. The van der Waals surface area contributed by atoms with Crippen molar-refractivity contribution in [3.05, 3.63) is 140 Å². The number of para-hydroxylation sites is 2. The average molecular weight is 594 g/mol. The number of aromatic nitrogens is 3. The second kappa shape index (κ2) is 9.36. The van der Waals surface area contributed by atoms with Crippen LogP contribution in [0.15, 0.2) is 144 Å². The minimum Gasteiger partial charge on any atom is -0.452 e. The van der Waals surface area contributed by atoms with Crippen LogP contribution in [0.4, 0.5) is 0 Å². The van der Waals surface area contributed by atoms with Gasteiger partial charge in [-0.25, -0.2) is 9.97 Å². The van der Waals surface area contributed by atoms with Crippen molar-refractivity contribution >= 4 is 75.4 Å². The summed E-state index contributed by atoms with van der Waals surface area (Å²) in [4.78, 5) is 10.2. The summed E-state index contributed by atoms with van der Waals surface area (Å²) in [5, 5.41) is 6.11. The molecule has 45 heavy (non-hydrogen) atoms. The van der Waals surface area contributed by atoms with Gasteiger partial charge in [-0.1, -0.05) is 84.9 Å². The zero-order valence-corrected chi connectivity index (χ0v) is 24.8. The van der Waals surface area contributed by atoms with Gasteiger partial charge in [0.15, 0.2) is 11.4 Å². The number of fused-ring (bicyclic) bond motifs is 10. The Morgan fingerprint density at radius 2 is 1.27 bits per heavy atom. The van der Waals surface area contributed by atoms with Crippen LogP contribution in [0.1, 0.15) is 0 Å². The molecule has 4 nitrogen and oxygen atoms in total. The van der Waals surface area contributed by atoms with Gasteiger partial charge >= 0.3 is 0 Å². The summed E-state index contributed by atoms with van der Waals surface area (Å²) in [5.74, 6) is 0.674. The van der Waals surface area contributed by atoms with E-state index in [4.69, 9.17) is 14.4 Å². The topological polar surface area (TPSA) is 43.9 Å². The maximum absolute atomic E-state index is 6.31. The van der Waals surface area contributed by atoms with E-state index in [9.17, 15) is 0 Å². The Kier molecular flexibility index (Phi) is 5.12. The van der Waals surface area contributed by atoms with Gasteiger partial charge in [-0.05, 0) is 54.6 Å². The number of benzene rings is 6. The van der Waals surface area contributed by atoms with Gasteiger partial charge in [-0.15, -0.1) is 11.3 Å². The van der Waals surface area contributed by atoms with Crippen LogP contribution in [0.5, 0.6) is 0 Å². The van der Waals surface area contributed by atoms with Crippen LogP contribution in [0.25, 0.3) is 92.4 Å². The highest BCUT2D eigenvalue weighted by Gasteiger charge is 2.20. The molecule has 0 bridgehead atoms. The van der Waals surface area contributed by atoms with E-state index in [-0.39, 0.29) is 0 Å². The van der Waals surface area contributed by atoms with E-state index in [0.29, 0.717) is 11.4 Å². The van der Waals surface area contributed by atoms with Gasteiger partial charge in [0.1, 0.15) is 16.8 Å². The monoisotopic (exact) mass is 593 g/mol. The van der Waals surface area contributed by atoms with Crippen molar-refractivity contribution in [2.24, 2.45) is 0 Å². The first kappa shape index (κ1) is 24.6. The van der Waals surface area contributed by atoms with Gasteiger partial charge in [0, 0.05) is 53.1 Å². The van der Waals surface area contributed by atoms with Crippen LogP contribution in [0.2, 0.25) is 0 Å². The number of furan rings is 1. The summed E-state index contributed by atoms with van der Waals surface area (Å²) < 4.78 is 11.3. The highest BCUT2D eigenvalue weighted by molar-refractivity contribution is 7.26. The number of rotatable bonds is 3. The summed E-state index contributed by atoms with van der Waals surface area (Å²) in [6, 6.07) is 48.9. The maximum Gasteiger partial charge on any atom is 0.180 e. The molecule has 0 atom stereocenters. The SMILES string of the molecule is c1ccc(-c2nc(-c3ccc(-n4c5ccccc5c5ccc6sc7ccccc7c6c54)cc3)nc3c2oc2ccccc23)cc1. The lowest BCUT2D eigenvalue weighted by Crippen LogP contribution is -1.96. The van der Waals surface area contributed by atoms with Gasteiger partial charge in [0.25, 0.3) is 0 Å². The molecule has 0 N–H and O–H groups in total. The Balaban J connectivity index is 1.21. The Morgan fingerprint density at radius 3 is 2.13 bits per heavy atom. The lowest BCUT2D eigenvalue weighted by molar-refractivity contribution is 0.667. The molecule has 0 radical (unpaired) electrons. The molecule has 0 saturated carbocycles. The summed E-state index contributed by atoms with van der Waals surface area (Å²) in [6.07, 6.45) is 0. The van der Waals surface area contributed by atoms with E-state index >= 15 is 0 Å². The Hall–Kier alpha value is -5.78. The third kappa shape index (κ3) is 3.59. The number of hydrogen-bond acceptors (Lipinski definition) is 4. The van der Waals surface area contributed by atoms with Crippen LogP contribution in [-0.4, -0.2) is 14.5 Å². The largest absolute Gasteiger partial charge is 0.452 e. The van der Waals surface area contributed by atoms with Gasteiger partial charge in [-0.2, -0.15) is 0 Å². The molecule has 0 aliphatic rings. The predicted octanol–water partition coefficient (Wildman–Crippen LogP) is 11.2. The van der Waals surface area contributed by atoms with Gasteiger partial charge < -0.3 is 8.98 Å². The molecule has 0 unspecified atom stereocenters. The Labute approximate surface area is 261 Å². The molecule has 5 heteroatoms. The summed E-state index contributed by atoms with van der Waals surface area (Å²) in [7, 11) is 0. The van der Waals surface area contributed by atoms with Crippen molar-refractivity contribution in [2.45, 2.75) is 0 Å². The molecule has 0 fully saturated rings. The zero-order chi connectivity index (χ0) is 29.5. The van der Waals surface area contributed by atoms with Crippen molar-refractivity contribution in [3.63, 3.8) is 0 Å². The predicted molar refractivity (Wildman–Crippen MR) is 187 cm³/mol. The van der Waals surface area contributed by atoms with Gasteiger partial charge in [0.05, 0.1) is 11.0 Å². The van der Waals surface area contributed by atoms with E-state index in [0.717, 1.165) is 39.0 Å². The van der Waals surface area contributed by atoms with E-state index in [1.165, 1.54) is 42.0 Å². The first-order valence-corrected chi connectivity index (χ1v) is 15.8. The third-order valence-corrected chi connectivity index (χ3v) is 9.96. The van der Waals surface area contributed by atoms with Crippen molar-refractivity contribution in [2.75, 3.05) is 0 Å². The minimum absolute atomic E-state index is 0.674. The number of thiophene rings is 1. The van der Waals surface area contributed by atoms with Crippen molar-refractivity contribution in [3.8, 4) is 28.3 Å². The van der Waals surface area contributed by atoms with Crippen molar-refractivity contribution in [1.29, 1.82) is 0 Å². The van der Waals surface area contributed by atoms with Crippen LogP contribution in [0.3, 0.4) is 0 Å². The quantitative estimate of drug-likeness (QED) is 0.205. The fourth-order valence-electron chi connectivity index (χ4n) is 6.80. The number of nitrogens with zero attached hydrogens (tertiary/aromatic N) is 3. The van der Waals surface area contributed by atoms with Crippen LogP contribution in [0, 0.1) is 0 Å². The fraction of sp³-hybridized carbons (Fsp3) is 0. The van der Waals surface area contributed by atoms with Crippen LogP contribution >= 0.6 is 11.3 Å². The molecule has 210 valence electrons. The molecule has 6 aromatic carbocycles. The zero-order valence-electron chi connectivity index (χ0n) is 23.9. The molecule has 4 heterocycles. The normalized spacial score (nSPS) is 12.0. The smallest absolute Gasteiger partial charge is 0.180 e. The molecular weight excluding hydrogens is 571 g/mol.